The summed E-state index contributed by atoms with van der Waals surface area (Å²) in [5, 5.41) is 1.41. The number of carbonyl (C=O) groups excluding carboxylic acids is 1. The highest BCUT2D eigenvalue weighted by Crippen LogP contribution is 2.28. The molecule has 0 aromatic heterocycles. The molecule has 0 spiro atoms. The molecule has 0 saturated carbocycles. The number of hydrogen-bond donors (Lipinski definition) is 0. The Morgan fingerprint density at radius 2 is 1.40 bits per heavy atom. The molecule has 0 unspecified atom stereocenters. The minimum Gasteiger partial charge on any atom is -0.369 e. The number of carbonyl (C=O) groups is 1. The van der Waals surface area contributed by atoms with Crippen molar-refractivity contribution in [2.24, 2.45) is 0 Å². The van der Waals surface area contributed by atoms with E-state index >= 15 is 0 Å². The van der Waals surface area contributed by atoms with Crippen LogP contribution < -0.4 is 0 Å². The molecule has 1 aliphatic heterocycles. The first-order chi connectivity index (χ1) is 16.9. The third-order valence-electron chi connectivity index (χ3n) is 6.66. The summed E-state index contributed by atoms with van der Waals surface area (Å²) in [4.78, 5) is 17.3. The molecule has 0 aliphatic carbocycles. The van der Waals surface area contributed by atoms with Crippen LogP contribution in [0, 0.1) is 13.8 Å². The molecule has 0 atom stereocenters. The SMILES string of the molecule is Cc1ccc(C(=O)N2CCN(CCCOC(c3ccc(Cl)cc3)c3ccc(Cl)cc3)CC2)cc1C. The second-order valence-electron chi connectivity index (χ2n) is 9.14. The number of aryl methyl sites for hydroxylation is 2. The van der Waals surface area contributed by atoms with Gasteiger partial charge in [-0.25, -0.2) is 0 Å². The smallest absolute Gasteiger partial charge is 0.253 e. The second kappa shape index (κ2) is 12.0. The van der Waals surface area contributed by atoms with Gasteiger partial charge in [0, 0.05) is 54.9 Å². The van der Waals surface area contributed by atoms with Gasteiger partial charge in [-0.05, 0) is 78.9 Å². The van der Waals surface area contributed by atoms with E-state index in [0.29, 0.717) is 16.7 Å². The number of halogens is 2. The van der Waals surface area contributed by atoms with Crippen molar-refractivity contribution in [1.82, 2.24) is 9.80 Å². The third-order valence-corrected chi connectivity index (χ3v) is 7.17. The van der Waals surface area contributed by atoms with E-state index in [1.165, 1.54) is 5.56 Å². The Morgan fingerprint density at radius 1 is 0.829 bits per heavy atom. The molecule has 1 heterocycles. The van der Waals surface area contributed by atoms with Crippen molar-refractivity contribution in [3.8, 4) is 0 Å². The fourth-order valence-corrected chi connectivity index (χ4v) is 4.63. The van der Waals surface area contributed by atoms with Crippen molar-refractivity contribution < 1.29 is 9.53 Å². The molecule has 1 fully saturated rings. The lowest BCUT2D eigenvalue weighted by Crippen LogP contribution is -2.49. The van der Waals surface area contributed by atoms with E-state index in [4.69, 9.17) is 27.9 Å². The minimum absolute atomic E-state index is 0.129. The molecule has 4 nitrogen and oxygen atoms in total. The van der Waals surface area contributed by atoms with Crippen molar-refractivity contribution in [1.29, 1.82) is 0 Å². The van der Waals surface area contributed by atoms with E-state index < -0.39 is 0 Å². The Balaban J connectivity index is 1.26. The van der Waals surface area contributed by atoms with Gasteiger partial charge in [0.2, 0.25) is 0 Å². The molecule has 1 aliphatic rings. The number of ether oxygens (including phenoxy) is 1. The summed E-state index contributed by atoms with van der Waals surface area (Å²) >= 11 is 12.2. The van der Waals surface area contributed by atoms with Crippen LogP contribution >= 0.6 is 23.2 Å². The van der Waals surface area contributed by atoms with Crippen LogP contribution in [0.5, 0.6) is 0 Å². The molecule has 3 aromatic carbocycles. The van der Waals surface area contributed by atoms with Gasteiger partial charge in [-0.3, -0.25) is 9.69 Å². The van der Waals surface area contributed by atoms with Gasteiger partial charge in [0.15, 0.2) is 0 Å². The third kappa shape index (κ3) is 6.86. The maximum absolute atomic E-state index is 12.9. The van der Waals surface area contributed by atoms with Gasteiger partial charge in [-0.15, -0.1) is 0 Å². The number of amides is 1. The fourth-order valence-electron chi connectivity index (χ4n) is 4.38. The van der Waals surface area contributed by atoms with Crippen molar-refractivity contribution in [2.75, 3.05) is 39.3 Å². The maximum atomic E-state index is 12.9. The van der Waals surface area contributed by atoms with Gasteiger partial charge in [0.25, 0.3) is 5.91 Å². The van der Waals surface area contributed by atoms with Crippen LogP contribution in [0.4, 0.5) is 0 Å². The number of nitrogens with zero attached hydrogens (tertiary/aromatic N) is 2. The molecule has 3 aromatic rings. The van der Waals surface area contributed by atoms with Gasteiger partial charge in [0.1, 0.15) is 6.10 Å². The molecule has 0 radical (unpaired) electrons. The molecule has 184 valence electrons. The highest BCUT2D eigenvalue weighted by atomic mass is 35.5. The van der Waals surface area contributed by atoms with E-state index in [9.17, 15) is 4.79 Å². The first-order valence-electron chi connectivity index (χ1n) is 12.1. The topological polar surface area (TPSA) is 32.8 Å². The zero-order valence-electron chi connectivity index (χ0n) is 20.3. The Hall–Kier alpha value is -2.37. The summed E-state index contributed by atoms with van der Waals surface area (Å²) in [6.45, 7) is 8.98. The van der Waals surface area contributed by atoms with Crippen LogP contribution in [0.15, 0.2) is 66.7 Å². The summed E-state index contributed by atoms with van der Waals surface area (Å²) in [5.41, 5.74) is 5.28. The minimum atomic E-state index is -0.169. The van der Waals surface area contributed by atoms with Crippen LogP contribution in [-0.4, -0.2) is 55.0 Å². The molecule has 35 heavy (non-hydrogen) atoms. The van der Waals surface area contributed by atoms with Crippen LogP contribution in [0.2, 0.25) is 10.0 Å². The molecular weight excluding hydrogens is 479 g/mol. The maximum Gasteiger partial charge on any atom is 0.253 e. The Kier molecular flexibility index (Phi) is 8.85. The Bertz CT molecular complexity index is 1080. The summed E-state index contributed by atoms with van der Waals surface area (Å²) in [5.74, 6) is 0.129. The van der Waals surface area contributed by atoms with Gasteiger partial charge < -0.3 is 9.64 Å². The van der Waals surface area contributed by atoms with E-state index in [2.05, 4.69) is 18.7 Å². The summed E-state index contributed by atoms with van der Waals surface area (Å²) in [6.07, 6.45) is 0.750. The predicted molar refractivity (Wildman–Crippen MR) is 144 cm³/mol. The highest BCUT2D eigenvalue weighted by molar-refractivity contribution is 6.30. The molecular formula is C29H32Cl2N2O2. The first kappa shape index (κ1) is 25.7. The first-order valence-corrected chi connectivity index (χ1v) is 12.9. The molecule has 4 rings (SSSR count). The lowest BCUT2D eigenvalue weighted by molar-refractivity contribution is 0.0550. The zero-order valence-corrected chi connectivity index (χ0v) is 21.9. The molecule has 1 saturated heterocycles. The van der Waals surface area contributed by atoms with Crippen molar-refractivity contribution >= 4 is 29.1 Å². The van der Waals surface area contributed by atoms with Crippen molar-refractivity contribution in [3.63, 3.8) is 0 Å². The predicted octanol–water partition coefficient (Wildman–Crippen LogP) is 6.56. The summed E-state index contributed by atoms with van der Waals surface area (Å²) < 4.78 is 6.35. The lowest BCUT2D eigenvalue weighted by Gasteiger charge is -2.35. The lowest BCUT2D eigenvalue weighted by atomic mass is 10.0. The molecule has 6 heteroatoms. The molecule has 0 N–H and O–H groups in total. The standard InChI is InChI=1S/C29H32Cl2N2O2/c1-21-4-5-25(20-22(21)2)29(34)33-17-15-32(16-18-33)14-3-19-35-28(23-6-10-26(30)11-7-23)24-8-12-27(31)13-9-24/h4-13,20,28H,3,14-19H2,1-2H3. The fraction of sp³-hybridized carbons (Fsp3) is 0.345. The largest absolute Gasteiger partial charge is 0.369 e. The highest BCUT2D eigenvalue weighted by Gasteiger charge is 2.22. The molecule has 0 bridgehead atoms. The molecule has 1 amide bonds. The van der Waals surface area contributed by atoms with Gasteiger partial charge in [-0.1, -0.05) is 53.5 Å². The number of rotatable bonds is 8. The number of hydrogen-bond acceptors (Lipinski definition) is 3. The zero-order chi connectivity index (χ0) is 24.8. The summed E-state index contributed by atoms with van der Waals surface area (Å²) in [7, 11) is 0. The van der Waals surface area contributed by atoms with Crippen LogP contribution in [-0.2, 0) is 4.74 Å². The van der Waals surface area contributed by atoms with Crippen LogP contribution in [0.1, 0.15) is 45.1 Å². The second-order valence-corrected chi connectivity index (χ2v) is 10.0. The monoisotopic (exact) mass is 510 g/mol. The quantitative estimate of drug-likeness (QED) is 0.321. The van der Waals surface area contributed by atoms with Crippen molar-refractivity contribution in [2.45, 2.75) is 26.4 Å². The Labute approximate surface area is 218 Å². The van der Waals surface area contributed by atoms with E-state index in [0.717, 1.165) is 61.4 Å². The average Bonchev–Trinajstić information content (AvgIpc) is 2.87. The number of piperazine rings is 1. The van der Waals surface area contributed by atoms with E-state index in [1.807, 2.05) is 71.6 Å². The number of benzene rings is 3. The Morgan fingerprint density at radius 3 is 1.94 bits per heavy atom. The van der Waals surface area contributed by atoms with Gasteiger partial charge >= 0.3 is 0 Å². The van der Waals surface area contributed by atoms with Crippen LogP contribution in [0.3, 0.4) is 0 Å². The van der Waals surface area contributed by atoms with Crippen LogP contribution in [0.25, 0.3) is 0 Å². The average molecular weight is 511 g/mol. The van der Waals surface area contributed by atoms with Gasteiger partial charge in [-0.2, -0.15) is 0 Å². The summed E-state index contributed by atoms with van der Waals surface area (Å²) in [6, 6.07) is 21.6. The van der Waals surface area contributed by atoms with E-state index in [1.54, 1.807) is 0 Å². The normalized spacial score (nSPS) is 14.5. The van der Waals surface area contributed by atoms with Gasteiger partial charge in [0.05, 0.1) is 0 Å². The van der Waals surface area contributed by atoms with E-state index in [-0.39, 0.29) is 12.0 Å². The van der Waals surface area contributed by atoms with Crippen molar-refractivity contribution in [3.05, 3.63) is 105 Å².